The number of nitrogens with one attached hydrogen (secondary N) is 2. The summed E-state index contributed by atoms with van der Waals surface area (Å²) in [6.07, 6.45) is 1.55. The predicted molar refractivity (Wildman–Crippen MR) is 95.6 cm³/mol. The molecule has 24 heavy (non-hydrogen) atoms. The van der Waals surface area contributed by atoms with Gasteiger partial charge in [0, 0.05) is 10.7 Å². The van der Waals surface area contributed by atoms with Crippen molar-refractivity contribution in [2.24, 2.45) is 0 Å². The van der Waals surface area contributed by atoms with Crippen LogP contribution in [-0.2, 0) is 0 Å². The van der Waals surface area contributed by atoms with Gasteiger partial charge in [0.15, 0.2) is 5.82 Å². The molecule has 0 aliphatic heterocycles. The van der Waals surface area contributed by atoms with E-state index in [-0.39, 0.29) is 0 Å². The number of methoxy groups -OCH3 is 1. The Hall–Kier alpha value is -2.86. The van der Waals surface area contributed by atoms with Gasteiger partial charge < -0.3 is 15.4 Å². The van der Waals surface area contributed by atoms with E-state index in [4.69, 9.17) is 16.3 Å². The maximum atomic E-state index is 5.97. The minimum Gasteiger partial charge on any atom is -0.495 e. The smallest absolute Gasteiger partial charge is 0.249 e. The monoisotopic (exact) mass is 341 g/mol. The van der Waals surface area contributed by atoms with Crippen molar-refractivity contribution in [3.05, 3.63) is 59.2 Å². The highest BCUT2D eigenvalue weighted by molar-refractivity contribution is 6.30. The van der Waals surface area contributed by atoms with E-state index in [0.29, 0.717) is 16.8 Å². The third-order valence-electron chi connectivity index (χ3n) is 3.36. The third-order valence-corrected chi connectivity index (χ3v) is 3.60. The third kappa shape index (κ3) is 3.72. The number of hydrogen-bond acceptors (Lipinski definition) is 6. The van der Waals surface area contributed by atoms with Gasteiger partial charge >= 0.3 is 0 Å². The topological polar surface area (TPSA) is 72.0 Å². The number of aryl methyl sites for hydroxylation is 1. The zero-order valence-corrected chi connectivity index (χ0v) is 14.0. The summed E-state index contributed by atoms with van der Waals surface area (Å²) >= 11 is 5.97. The summed E-state index contributed by atoms with van der Waals surface area (Å²) in [5, 5.41) is 15.0. The summed E-state index contributed by atoms with van der Waals surface area (Å²) in [6.45, 7) is 1.96. The molecule has 122 valence electrons. The van der Waals surface area contributed by atoms with E-state index >= 15 is 0 Å². The van der Waals surface area contributed by atoms with Crippen molar-refractivity contribution in [3.63, 3.8) is 0 Å². The summed E-state index contributed by atoms with van der Waals surface area (Å²) in [4.78, 5) is 4.42. The molecule has 0 aliphatic rings. The molecule has 1 aromatic heterocycles. The largest absolute Gasteiger partial charge is 0.495 e. The van der Waals surface area contributed by atoms with E-state index in [0.717, 1.165) is 22.7 Å². The summed E-state index contributed by atoms with van der Waals surface area (Å²) in [7, 11) is 1.62. The van der Waals surface area contributed by atoms with Crippen LogP contribution >= 0.6 is 11.6 Å². The highest BCUT2D eigenvalue weighted by Crippen LogP contribution is 2.26. The Bertz CT molecular complexity index is 856. The van der Waals surface area contributed by atoms with Crippen molar-refractivity contribution in [1.82, 2.24) is 15.2 Å². The number of hydrogen-bond donors (Lipinski definition) is 2. The molecular weight excluding hydrogens is 326 g/mol. The Kier molecular flexibility index (Phi) is 4.77. The van der Waals surface area contributed by atoms with Crippen molar-refractivity contribution < 1.29 is 4.74 Å². The number of halogens is 1. The normalized spacial score (nSPS) is 10.3. The Morgan fingerprint density at radius 1 is 1.04 bits per heavy atom. The number of rotatable bonds is 5. The molecular formula is C17H16ClN5O. The number of anilines is 4. The Balaban J connectivity index is 1.81. The molecule has 7 heteroatoms. The highest BCUT2D eigenvalue weighted by atomic mass is 35.5. The summed E-state index contributed by atoms with van der Waals surface area (Å²) < 4.78 is 5.32. The molecule has 6 nitrogen and oxygen atoms in total. The lowest BCUT2D eigenvalue weighted by Crippen LogP contribution is -2.03. The first-order valence-corrected chi connectivity index (χ1v) is 7.66. The first kappa shape index (κ1) is 16.0. The van der Waals surface area contributed by atoms with Crippen LogP contribution in [0.1, 0.15) is 5.56 Å². The molecule has 0 amide bonds. The van der Waals surface area contributed by atoms with Gasteiger partial charge in [-0.15, -0.1) is 5.10 Å². The lowest BCUT2D eigenvalue weighted by Gasteiger charge is -2.11. The molecule has 2 aromatic carbocycles. The molecule has 0 radical (unpaired) electrons. The number of aromatic nitrogens is 3. The maximum Gasteiger partial charge on any atom is 0.249 e. The Morgan fingerprint density at radius 2 is 1.88 bits per heavy atom. The van der Waals surface area contributed by atoms with Gasteiger partial charge in [0.05, 0.1) is 19.0 Å². The van der Waals surface area contributed by atoms with Crippen molar-refractivity contribution >= 4 is 34.7 Å². The number of benzene rings is 2. The SMILES string of the molecule is COc1ccccc1Nc1cnnc(Nc2ccc(Cl)cc2C)n1. The zero-order chi connectivity index (χ0) is 16.9. The van der Waals surface area contributed by atoms with Crippen molar-refractivity contribution in [2.45, 2.75) is 6.92 Å². The highest BCUT2D eigenvalue weighted by Gasteiger charge is 2.06. The number of nitrogens with zero attached hydrogens (tertiary/aromatic N) is 3. The minimum absolute atomic E-state index is 0.389. The number of ether oxygens (including phenoxy) is 1. The molecule has 3 aromatic rings. The average Bonchev–Trinajstić information content (AvgIpc) is 2.58. The van der Waals surface area contributed by atoms with Crippen LogP contribution in [0.2, 0.25) is 5.02 Å². The van der Waals surface area contributed by atoms with Gasteiger partial charge in [0.25, 0.3) is 0 Å². The van der Waals surface area contributed by atoms with Crippen LogP contribution in [-0.4, -0.2) is 22.3 Å². The molecule has 0 saturated carbocycles. The number of para-hydroxylation sites is 2. The second kappa shape index (κ2) is 7.14. The second-order valence-electron chi connectivity index (χ2n) is 5.07. The van der Waals surface area contributed by atoms with E-state index in [1.807, 2.05) is 43.3 Å². The van der Waals surface area contributed by atoms with Gasteiger partial charge in [-0.2, -0.15) is 10.1 Å². The molecule has 0 bridgehead atoms. The summed E-state index contributed by atoms with van der Waals surface area (Å²) in [5.41, 5.74) is 2.67. The molecule has 3 rings (SSSR count). The fourth-order valence-electron chi connectivity index (χ4n) is 2.19. The fourth-order valence-corrected chi connectivity index (χ4v) is 2.42. The Labute approximate surface area is 144 Å². The predicted octanol–water partition coefficient (Wildman–Crippen LogP) is 4.33. The van der Waals surface area contributed by atoms with Crippen LogP contribution in [0.5, 0.6) is 5.75 Å². The molecule has 0 atom stereocenters. The lowest BCUT2D eigenvalue weighted by molar-refractivity contribution is 0.417. The van der Waals surface area contributed by atoms with Crippen molar-refractivity contribution in [3.8, 4) is 5.75 Å². The first-order valence-electron chi connectivity index (χ1n) is 7.28. The van der Waals surface area contributed by atoms with Crippen molar-refractivity contribution in [2.75, 3.05) is 17.7 Å². The average molecular weight is 342 g/mol. The van der Waals surface area contributed by atoms with Crippen LogP contribution in [0.15, 0.2) is 48.7 Å². The van der Waals surface area contributed by atoms with Gasteiger partial charge in [-0.1, -0.05) is 23.7 Å². The fraction of sp³-hybridized carbons (Fsp3) is 0.118. The van der Waals surface area contributed by atoms with Gasteiger partial charge in [-0.3, -0.25) is 0 Å². The van der Waals surface area contributed by atoms with E-state index in [9.17, 15) is 0 Å². The molecule has 0 fully saturated rings. The Morgan fingerprint density at radius 3 is 2.67 bits per heavy atom. The van der Waals surface area contributed by atoms with Crippen LogP contribution in [0.3, 0.4) is 0 Å². The molecule has 1 heterocycles. The van der Waals surface area contributed by atoms with Crippen molar-refractivity contribution in [1.29, 1.82) is 0 Å². The molecule has 0 aliphatic carbocycles. The molecule has 0 spiro atoms. The van der Waals surface area contributed by atoms with E-state index < -0.39 is 0 Å². The summed E-state index contributed by atoms with van der Waals surface area (Å²) in [5.74, 6) is 1.67. The van der Waals surface area contributed by atoms with Crippen LogP contribution in [0.4, 0.5) is 23.1 Å². The lowest BCUT2D eigenvalue weighted by atomic mass is 10.2. The maximum absolute atomic E-state index is 5.97. The van der Waals surface area contributed by atoms with Crippen LogP contribution < -0.4 is 15.4 Å². The van der Waals surface area contributed by atoms with E-state index in [1.165, 1.54) is 0 Å². The van der Waals surface area contributed by atoms with Gasteiger partial charge in [0.2, 0.25) is 5.95 Å². The van der Waals surface area contributed by atoms with E-state index in [2.05, 4.69) is 25.8 Å². The first-order chi connectivity index (χ1) is 11.7. The van der Waals surface area contributed by atoms with Crippen LogP contribution in [0, 0.1) is 6.92 Å². The molecule has 0 saturated heterocycles. The van der Waals surface area contributed by atoms with Gasteiger partial charge in [0.1, 0.15) is 5.75 Å². The quantitative estimate of drug-likeness (QED) is 0.719. The standard InChI is InChI=1S/C17H16ClN5O/c1-11-9-12(18)7-8-13(11)21-17-22-16(10-19-23-17)20-14-5-3-4-6-15(14)24-2/h3-10H,1-2H3,(H2,20,21,22,23). The van der Waals surface area contributed by atoms with E-state index in [1.54, 1.807) is 19.4 Å². The zero-order valence-electron chi connectivity index (χ0n) is 13.2. The molecule has 0 unspecified atom stereocenters. The minimum atomic E-state index is 0.389. The summed E-state index contributed by atoms with van der Waals surface area (Å²) in [6, 6.07) is 13.1. The van der Waals surface area contributed by atoms with Gasteiger partial charge in [-0.05, 0) is 42.8 Å². The second-order valence-corrected chi connectivity index (χ2v) is 5.51. The van der Waals surface area contributed by atoms with Crippen LogP contribution in [0.25, 0.3) is 0 Å². The van der Waals surface area contributed by atoms with Gasteiger partial charge in [-0.25, -0.2) is 0 Å². The molecule has 2 N–H and O–H groups in total.